The molecule has 0 saturated carbocycles. The average Bonchev–Trinajstić information content (AvgIpc) is 2.62. The first-order valence-corrected chi connectivity index (χ1v) is 9.67. The summed E-state index contributed by atoms with van der Waals surface area (Å²) in [5, 5.41) is 0. The molecule has 1 heterocycles. The highest BCUT2D eigenvalue weighted by Crippen LogP contribution is 2.21. The SMILES string of the molecule is CCCCCN(CC(=O)N1CCC(Cc2ccccc2)CC1)C(C)=O. The molecule has 1 aliphatic rings. The molecule has 0 bridgehead atoms. The van der Waals surface area contributed by atoms with Crippen LogP contribution in [0.4, 0.5) is 0 Å². The highest BCUT2D eigenvalue weighted by molar-refractivity contribution is 5.83. The lowest BCUT2D eigenvalue weighted by Crippen LogP contribution is -2.45. The Morgan fingerprint density at radius 3 is 2.40 bits per heavy atom. The summed E-state index contributed by atoms with van der Waals surface area (Å²) in [6, 6.07) is 10.6. The first kappa shape index (κ1) is 19.5. The third-order valence-electron chi connectivity index (χ3n) is 5.14. The van der Waals surface area contributed by atoms with E-state index >= 15 is 0 Å². The standard InChI is InChI=1S/C21H32N2O2/c1-3-4-8-13-23(18(2)24)17-21(25)22-14-11-20(12-15-22)16-19-9-6-5-7-10-19/h5-7,9-10,20H,3-4,8,11-17H2,1-2H3. The third-order valence-corrected chi connectivity index (χ3v) is 5.14. The Hall–Kier alpha value is -1.84. The molecule has 138 valence electrons. The van der Waals surface area contributed by atoms with Crippen LogP contribution in [0.5, 0.6) is 0 Å². The van der Waals surface area contributed by atoms with Crippen LogP contribution in [0.1, 0.15) is 51.5 Å². The second-order valence-electron chi connectivity index (χ2n) is 7.16. The zero-order valence-electron chi connectivity index (χ0n) is 15.7. The number of hydrogen-bond acceptors (Lipinski definition) is 2. The van der Waals surface area contributed by atoms with Crippen molar-refractivity contribution in [3.63, 3.8) is 0 Å². The Morgan fingerprint density at radius 2 is 1.80 bits per heavy atom. The minimum atomic E-state index is 0.00316. The van der Waals surface area contributed by atoms with E-state index in [1.54, 1.807) is 11.8 Å². The first-order valence-electron chi connectivity index (χ1n) is 9.67. The molecule has 1 fully saturated rings. The zero-order chi connectivity index (χ0) is 18.1. The lowest BCUT2D eigenvalue weighted by molar-refractivity contribution is -0.140. The smallest absolute Gasteiger partial charge is 0.242 e. The molecule has 1 aromatic rings. The molecule has 25 heavy (non-hydrogen) atoms. The molecule has 2 amide bonds. The van der Waals surface area contributed by atoms with E-state index in [9.17, 15) is 9.59 Å². The van der Waals surface area contributed by atoms with E-state index in [-0.39, 0.29) is 18.4 Å². The van der Waals surface area contributed by atoms with E-state index in [4.69, 9.17) is 0 Å². The molecule has 2 rings (SSSR count). The molecule has 0 spiro atoms. The number of likely N-dealkylation sites (tertiary alicyclic amines) is 1. The number of hydrogen-bond donors (Lipinski definition) is 0. The third kappa shape index (κ3) is 6.52. The van der Waals surface area contributed by atoms with Gasteiger partial charge in [0.15, 0.2) is 0 Å². The minimum Gasteiger partial charge on any atom is -0.341 e. The van der Waals surface area contributed by atoms with Crippen molar-refractivity contribution >= 4 is 11.8 Å². The van der Waals surface area contributed by atoms with Crippen molar-refractivity contribution in [1.82, 2.24) is 9.80 Å². The molecule has 0 aliphatic carbocycles. The number of unbranched alkanes of at least 4 members (excludes halogenated alkanes) is 2. The molecular weight excluding hydrogens is 312 g/mol. The van der Waals surface area contributed by atoms with Crippen molar-refractivity contribution in [2.75, 3.05) is 26.2 Å². The lowest BCUT2D eigenvalue weighted by Gasteiger charge is -2.33. The maximum Gasteiger partial charge on any atom is 0.242 e. The van der Waals surface area contributed by atoms with E-state index in [0.717, 1.165) is 51.6 Å². The van der Waals surface area contributed by atoms with Crippen molar-refractivity contribution in [2.45, 2.75) is 52.4 Å². The summed E-state index contributed by atoms with van der Waals surface area (Å²) >= 11 is 0. The zero-order valence-corrected chi connectivity index (χ0v) is 15.7. The van der Waals surface area contributed by atoms with E-state index < -0.39 is 0 Å². The van der Waals surface area contributed by atoms with Crippen LogP contribution in [0.2, 0.25) is 0 Å². The molecule has 0 unspecified atom stereocenters. The van der Waals surface area contributed by atoms with E-state index in [1.165, 1.54) is 5.56 Å². The largest absolute Gasteiger partial charge is 0.341 e. The van der Waals surface area contributed by atoms with E-state index in [0.29, 0.717) is 12.5 Å². The maximum absolute atomic E-state index is 12.5. The Balaban J connectivity index is 1.76. The van der Waals surface area contributed by atoms with Crippen molar-refractivity contribution in [2.24, 2.45) is 5.92 Å². The fourth-order valence-electron chi connectivity index (χ4n) is 3.50. The number of nitrogens with zero attached hydrogens (tertiary/aromatic N) is 2. The second kappa shape index (κ2) is 10.2. The molecular formula is C21H32N2O2. The summed E-state index contributed by atoms with van der Waals surface area (Å²) in [5.41, 5.74) is 1.38. The van der Waals surface area contributed by atoms with Crippen LogP contribution in [0.15, 0.2) is 30.3 Å². The van der Waals surface area contributed by atoms with Gasteiger partial charge in [0, 0.05) is 26.6 Å². The van der Waals surface area contributed by atoms with Gasteiger partial charge in [-0.3, -0.25) is 9.59 Å². The van der Waals surface area contributed by atoms with Crippen LogP contribution in [0.3, 0.4) is 0 Å². The Labute approximate surface area is 152 Å². The molecule has 1 aliphatic heterocycles. The van der Waals surface area contributed by atoms with Crippen LogP contribution in [-0.2, 0) is 16.0 Å². The number of benzene rings is 1. The molecule has 0 N–H and O–H groups in total. The van der Waals surface area contributed by atoms with Crippen LogP contribution < -0.4 is 0 Å². The van der Waals surface area contributed by atoms with Gasteiger partial charge in [0.05, 0.1) is 6.54 Å². The van der Waals surface area contributed by atoms with Gasteiger partial charge in [0.1, 0.15) is 0 Å². The molecule has 1 saturated heterocycles. The minimum absolute atomic E-state index is 0.00316. The topological polar surface area (TPSA) is 40.6 Å². The van der Waals surface area contributed by atoms with Crippen molar-refractivity contribution in [3.05, 3.63) is 35.9 Å². The van der Waals surface area contributed by atoms with Crippen LogP contribution in [0, 0.1) is 5.92 Å². The van der Waals surface area contributed by atoms with Crippen LogP contribution >= 0.6 is 0 Å². The second-order valence-corrected chi connectivity index (χ2v) is 7.16. The van der Waals surface area contributed by atoms with Crippen LogP contribution in [0.25, 0.3) is 0 Å². The summed E-state index contributed by atoms with van der Waals surface area (Å²) in [4.78, 5) is 28.0. The number of carbonyl (C=O) groups is 2. The maximum atomic E-state index is 12.5. The van der Waals surface area contributed by atoms with Gasteiger partial charge in [-0.2, -0.15) is 0 Å². The molecule has 4 nitrogen and oxygen atoms in total. The van der Waals surface area contributed by atoms with Gasteiger partial charge in [0.25, 0.3) is 0 Å². The van der Waals surface area contributed by atoms with Gasteiger partial charge < -0.3 is 9.80 Å². The average molecular weight is 344 g/mol. The van der Waals surface area contributed by atoms with Gasteiger partial charge >= 0.3 is 0 Å². The highest BCUT2D eigenvalue weighted by atomic mass is 16.2. The predicted octanol–water partition coefficient (Wildman–Crippen LogP) is 3.51. The summed E-state index contributed by atoms with van der Waals surface area (Å²) in [5.74, 6) is 0.758. The van der Waals surface area contributed by atoms with E-state index in [1.807, 2.05) is 11.0 Å². The van der Waals surface area contributed by atoms with Crippen molar-refractivity contribution < 1.29 is 9.59 Å². The summed E-state index contributed by atoms with van der Waals surface area (Å²) < 4.78 is 0. The Bertz CT molecular complexity index is 536. The van der Waals surface area contributed by atoms with Gasteiger partial charge in [0.2, 0.25) is 11.8 Å². The van der Waals surface area contributed by atoms with Crippen molar-refractivity contribution in [1.29, 1.82) is 0 Å². The number of carbonyl (C=O) groups excluding carboxylic acids is 2. The van der Waals surface area contributed by atoms with E-state index in [2.05, 4.69) is 31.2 Å². The number of piperidine rings is 1. The molecule has 4 heteroatoms. The fourth-order valence-corrected chi connectivity index (χ4v) is 3.50. The summed E-state index contributed by atoms with van der Waals surface area (Å²) in [6.45, 7) is 6.27. The van der Waals surface area contributed by atoms with Crippen LogP contribution in [-0.4, -0.2) is 47.8 Å². The quantitative estimate of drug-likeness (QED) is 0.677. The molecule has 1 aromatic carbocycles. The van der Waals surface area contributed by atoms with Gasteiger partial charge in [-0.1, -0.05) is 50.1 Å². The fraction of sp³-hybridized carbons (Fsp3) is 0.619. The Kier molecular flexibility index (Phi) is 7.96. The van der Waals surface area contributed by atoms with Gasteiger partial charge in [-0.05, 0) is 37.2 Å². The summed E-state index contributed by atoms with van der Waals surface area (Å²) in [7, 11) is 0. The van der Waals surface area contributed by atoms with Crippen molar-refractivity contribution in [3.8, 4) is 0 Å². The molecule has 0 radical (unpaired) electrons. The number of amides is 2. The predicted molar refractivity (Wildman–Crippen MR) is 101 cm³/mol. The van der Waals surface area contributed by atoms with Gasteiger partial charge in [-0.15, -0.1) is 0 Å². The normalized spacial score (nSPS) is 15.2. The number of rotatable bonds is 8. The lowest BCUT2D eigenvalue weighted by atomic mass is 9.90. The summed E-state index contributed by atoms with van der Waals surface area (Å²) in [6.07, 6.45) is 6.40. The Morgan fingerprint density at radius 1 is 1.12 bits per heavy atom. The molecule has 0 atom stereocenters. The van der Waals surface area contributed by atoms with Gasteiger partial charge in [-0.25, -0.2) is 0 Å². The first-order chi connectivity index (χ1) is 12.1. The monoisotopic (exact) mass is 344 g/mol. The highest BCUT2D eigenvalue weighted by Gasteiger charge is 2.24. The molecule has 0 aromatic heterocycles.